The van der Waals surface area contributed by atoms with Crippen LogP contribution in [0.25, 0.3) is 11.0 Å². The van der Waals surface area contributed by atoms with Crippen molar-refractivity contribution in [2.24, 2.45) is 0 Å². The third kappa shape index (κ3) is 2.98. The van der Waals surface area contributed by atoms with Gasteiger partial charge < -0.3 is 15.0 Å². The summed E-state index contributed by atoms with van der Waals surface area (Å²) in [7, 11) is 1.61. The molecule has 1 amide bonds. The molecule has 2 aromatic carbocycles. The van der Waals surface area contributed by atoms with Gasteiger partial charge in [-0.05, 0) is 30.7 Å². The molecule has 2 heterocycles. The summed E-state index contributed by atoms with van der Waals surface area (Å²) in [6.45, 7) is 0.734. The molecule has 1 N–H and O–H groups in total. The monoisotopic (exact) mass is 334 g/mol. The van der Waals surface area contributed by atoms with Crippen LogP contribution in [-0.2, 0) is 4.79 Å². The number of methoxy groups -OCH3 is 1. The summed E-state index contributed by atoms with van der Waals surface area (Å²) in [6.07, 6.45) is 3.18. The molecule has 0 saturated carbocycles. The first-order valence-electron chi connectivity index (χ1n) is 8.22. The average Bonchev–Trinajstić information content (AvgIpc) is 3.07. The standard InChI is InChI=1S/C19H18N4O2/c1-25-17-11-13(8-9-16(17)23-10-4-7-19(23)24)21-18-12-20-14-5-2-3-6-15(14)22-18/h2-3,5-6,8-9,11-12H,4,7,10H2,1H3,(H,21,22). The number of amides is 1. The number of aromatic nitrogens is 2. The second kappa shape index (κ2) is 6.39. The average molecular weight is 334 g/mol. The zero-order valence-corrected chi connectivity index (χ0v) is 13.9. The molecule has 0 radical (unpaired) electrons. The van der Waals surface area contributed by atoms with Crippen LogP contribution in [0, 0.1) is 0 Å². The molecule has 126 valence electrons. The van der Waals surface area contributed by atoms with Crippen LogP contribution in [0.3, 0.4) is 0 Å². The number of carbonyl (C=O) groups excluding carboxylic acids is 1. The molecule has 6 nitrogen and oxygen atoms in total. The Hall–Kier alpha value is -3.15. The van der Waals surface area contributed by atoms with Gasteiger partial charge in [0.2, 0.25) is 5.91 Å². The maximum atomic E-state index is 12.0. The number of carbonyl (C=O) groups is 1. The molecule has 1 aromatic heterocycles. The molecule has 25 heavy (non-hydrogen) atoms. The van der Waals surface area contributed by atoms with E-state index in [9.17, 15) is 4.79 Å². The second-order valence-electron chi connectivity index (χ2n) is 5.90. The number of hydrogen-bond acceptors (Lipinski definition) is 5. The molecule has 0 spiro atoms. The maximum Gasteiger partial charge on any atom is 0.227 e. The number of anilines is 3. The Morgan fingerprint density at radius 1 is 1.16 bits per heavy atom. The normalized spacial score (nSPS) is 14.1. The third-order valence-corrected chi connectivity index (χ3v) is 4.26. The molecule has 0 bridgehead atoms. The van der Waals surface area contributed by atoms with Gasteiger partial charge in [-0.15, -0.1) is 0 Å². The predicted molar refractivity (Wildman–Crippen MR) is 97.4 cm³/mol. The molecule has 4 rings (SSSR count). The number of para-hydroxylation sites is 2. The molecule has 1 fully saturated rings. The van der Waals surface area contributed by atoms with Crippen LogP contribution in [0.4, 0.5) is 17.2 Å². The van der Waals surface area contributed by atoms with Gasteiger partial charge in [0.25, 0.3) is 0 Å². The predicted octanol–water partition coefficient (Wildman–Crippen LogP) is 3.51. The third-order valence-electron chi connectivity index (χ3n) is 4.26. The Morgan fingerprint density at radius 2 is 2.00 bits per heavy atom. The van der Waals surface area contributed by atoms with E-state index in [-0.39, 0.29) is 5.91 Å². The van der Waals surface area contributed by atoms with Crippen molar-refractivity contribution in [3.05, 3.63) is 48.7 Å². The summed E-state index contributed by atoms with van der Waals surface area (Å²) in [5, 5.41) is 3.24. The summed E-state index contributed by atoms with van der Waals surface area (Å²) in [4.78, 5) is 22.7. The lowest BCUT2D eigenvalue weighted by Gasteiger charge is -2.19. The van der Waals surface area contributed by atoms with Gasteiger partial charge in [0.15, 0.2) is 0 Å². The fourth-order valence-electron chi connectivity index (χ4n) is 3.05. The van der Waals surface area contributed by atoms with Crippen molar-refractivity contribution in [2.75, 3.05) is 23.9 Å². The van der Waals surface area contributed by atoms with Crippen LogP contribution < -0.4 is 15.0 Å². The maximum absolute atomic E-state index is 12.0. The van der Waals surface area contributed by atoms with Crippen LogP contribution in [0.5, 0.6) is 5.75 Å². The van der Waals surface area contributed by atoms with Gasteiger partial charge in [0, 0.05) is 24.7 Å². The Labute approximate surface area is 145 Å². The second-order valence-corrected chi connectivity index (χ2v) is 5.90. The highest BCUT2D eigenvalue weighted by molar-refractivity contribution is 5.97. The van der Waals surface area contributed by atoms with Crippen molar-refractivity contribution in [3.8, 4) is 5.75 Å². The zero-order chi connectivity index (χ0) is 17.2. The van der Waals surface area contributed by atoms with Gasteiger partial charge in [-0.3, -0.25) is 9.78 Å². The number of benzene rings is 2. The number of nitrogens with one attached hydrogen (secondary N) is 1. The fraction of sp³-hybridized carbons (Fsp3) is 0.211. The van der Waals surface area contributed by atoms with Crippen molar-refractivity contribution >= 4 is 34.1 Å². The van der Waals surface area contributed by atoms with E-state index in [1.807, 2.05) is 42.5 Å². The number of fused-ring (bicyclic) bond motifs is 1. The summed E-state index contributed by atoms with van der Waals surface area (Å²) in [5.41, 5.74) is 3.32. The Morgan fingerprint density at radius 3 is 2.76 bits per heavy atom. The zero-order valence-electron chi connectivity index (χ0n) is 13.9. The molecule has 6 heteroatoms. The highest BCUT2D eigenvalue weighted by Gasteiger charge is 2.24. The van der Waals surface area contributed by atoms with Gasteiger partial charge in [-0.25, -0.2) is 4.98 Å². The van der Waals surface area contributed by atoms with Gasteiger partial charge in [-0.2, -0.15) is 0 Å². The Bertz CT molecular complexity index is 942. The first kappa shape index (κ1) is 15.4. The minimum atomic E-state index is 0.138. The molecular formula is C19H18N4O2. The van der Waals surface area contributed by atoms with E-state index in [0.717, 1.165) is 35.4 Å². The van der Waals surface area contributed by atoms with E-state index in [4.69, 9.17) is 4.74 Å². The van der Waals surface area contributed by atoms with E-state index in [2.05, 4.69) is 15.3 Å². The van der Waals surface area contributed by atoms with Crippen LogP contribution in [-0.4, -0.2) is 29.5 Å². The van der Waals surface area contributed by atoms with Crippen molar-refractivity contribution in [1.29, 1.82) is 0 Å². The molecule has 0 aliphatic carbocycles. The van der Waals surface area contributed by atoms with E-state index in [1.54, 1.807) is 18.2 Å². The lowest BCUT2D eigenvalue weighted by atomic mass is 10.2. The smallest absolute Gasteiger partial charge is 0.227 e. The molecule has 1 aliphatic heterocycles. The number of rotatable bonds is 4. The molecular weight excluding hydrogens is 316 g/mol. The highest BCUT2D eigenvalue weighted by Crippen LogP contribution is 2.34. The molecule has 1 saturated heterocycles. The first-order chi connectivity index (χ1) is 12.2. The lowest BCUT2D eigenvalue weighted by Crippen LogP contribution is -2.24. The van der Waals surface area contributed by atoms with Crippen LogP contribution >= 0.6 is 0 Å². The Kier molecular flexibility index (Phi) is 3.93. The van der Waals surface area contributed by atoms with Crippen LogP contribution in [0.2, 0.25) is 0 Å². The molecule has 0 unspecified atom stereocenters. The van der Waals surface area contributed by atoms with Gasteiger partial charge in [-0.1, -0.05) is 12.1 Å². The van der Waals surface area contributed by atoms with Crippen LogP contribution in [0.1, 0.15) is 12.8 Å². The first-order valence-corrected chi connectivity index (χ1v) is 8.22. The van der Waals surface area contributed by atoms with E-state index in [1.165, 1.54) is 0 Å². The summed E-state index contributed by atoms with van der Waals surface area (Å²) < 4.78 is 5.48. The highest BCUT2D eigenvalue weighted by atomic mass is 16.5. The SMILES string of the molecule is COc1cc(Nc2cnc3ccccc3n2)ccc1N1CCCC1=O. The Balaban J connectivity index is 1.62. The molecule has 0 atom stereocenters. The quantitative estimate of drug-likeness (QED) is 0.791. The molecule has 3 aromatic rings. The summed E-state index contributed by atoms with van der Waals surface area (Å²) >= 11 is 0. The van der Waals surface area contributed by atoms with Crippen molar-refractivity contribution in [1.82, 2.24) is 9.97 Å². The van der Waals surface area contributed by atoms with E-state index >= 15 is 0 Å². The van der Waals surface area contributed by atoms with Crippen LogP contribution in [0.15, 0.2) is 48.7 Å². The summed E-state index contributed by atoms with van der Waals surface area (Å²) in [6, 6.07) is 13.4. The number of hydrogen-bond donors (Lipinski definition) is 1. The topological polar surface area (TPSA) is 67.3 Å². The van der Waals surface area contributed by atoms with Gasteiger partial charge >= 0.3 is 0 Å². The summed E-state index contributed by atoms with van der Waals surface area (Å²) in [5.74, 6) is 1.46. The number of nitrogens with zero attached hydrogens (tertiary/aromatic N) is 3. The number of ether oxygens (including phenoxy) is 1. The van der Waals surface area contributed by atoms with E-state index < -0.39 is 0 Å². The largest absolute Gasteiger partial charge is 0.494 e. The van der Waals surface area contributed by atoms with Gasteiger partial charge in [0.05, 0.1) is 30.0 Å². The van der Waals surface area contributed by atoms with Crippen molar-refractivity contribution in [2.45, 2.75) is 12.8 Å². The van der Waals surface area contributed by atoms with Crippen molar-refractivity contribution in [3.63, 3.8) is 0 Å². The minimum Gasteiger partial charge on any atom is -0.494 e. The van der Waals surface area contributed by atoms with E-state index in [0.29, 0.717) is 18.0 Å². The van der Waals surface area contributed by atoms with Gasteiger partial charge in [0.1, 0.15) is 11.6 Å². The lowest BCUT2D eigenvalue weighted by molar-refractivity contribution is -0.117. The molecule has 1 aliphatic rings. The minimum absolute atomic E-state index is 0.138. The fourth-order valence-corrected chi connectivity index (χ4v) is 3.05. The van der Waals surface area contributed by atoms with Crippen molar-refractivity contribution < 1.29 is 9.53 Å².